The number of benzene rings is 1. The number of hydrogen-bond donors (Lipinski definition) is 0. The first-order chi connectivity index (χ1) is 9.67. The molecule has 1 heterocycles. The van der Waals surface area contributed by atoms with E-state index in [0.717, 1.165) is 19.4 Å². The molecule has 0 N–H and O–H groups in total. The molecule has 0 aliphatic rings. The predicted molar refractivity (Wildman–Crippen MR) is 81.9 cm³/mol. The van der Waals surface area contributed by atoms with Crippen LogP contribution in [0.5, 0.6) is 0 Å². The van der Waals surface area contributed by atoms with Gasteiger partial charge in [-0.05, 0) is 44.4 Å². The molecule has 0 spiro atoms. The maximum absolute atomic E-state index is 11.4. The second-order valence-corrected chi connectivity index (χ2v) is 5.06. The van der Waals surface area contributed by atoms with E-state index < -0.39 is 0 Å². The van der Waals surface area contributed by atoms with Crippen molar-refractivity contribution in [2.75, 3.05) is 6.61 Å². The number of carbonyl (C=O) groups is 1. The Kier molecular flexibility index (Phi) is 4.83. The van der Waals surface area contributed by atoms with Crippen LogP contribution in [0, 0.1) is 6.92 Å². The van der Waals surface area contributed by atoms with Gasteiger partial charge in [0.2, 0.25) is 0 Å². The van der Waals surface area contributed by atoms with Crippen LogP contribution in [0.25, 0.3) is 10.9 Å². The van der Waals surface area contributed by atoms with Gasteiger partial charge >= 0.3 is 5.97 Å². The summed E-state index contributed by atoms with van der Waals surface area (Å²) in [5, 5.41) is 1.32. The SMILES string of the molecule is CCOC(=O)CCCn1c(CC)cc2c(C)cccc21. The summed E-state index contributed by atoms with van der Waals surface area (Å²) in [5.41, 5.74) is 3.91. The van der Waals surface area contributed by atoms with Crippen LogP contribution in [-0.2, 0) is 22.5 Å². The highest BCUT2D eigenvalue weighted by Gasteiger charge is 2.09. The predicted octanol–water partition coefficient (Wildman–Crippen LogP) is 3.86. The Hall–Kier alpha value is -1.77. The average molecular weight is 273 g/mol. The highest BCUT2D eigenvalue weighted by Crippen LogP contribution is 2.24. The fourth-order valence-electron chi connectivity index (χ4n) is 2.66. The molecule has 3 nitrogen and oxygen atoms in total. The monoisotopic (exact) mass is 273 g/mol. The van der Waals surface area contributed by atoms with E-state index in [1.54, 1.807) is 0 Å². The average Bonchev–Trinajstić information content (AvgIpc) is 2.79. The lowest BCUT2D eigenvalue weighted by atomic mass is 10.1. The lowest BCUT2D eigenvalue weighted by Crippen LogP contribution is -2.07. The molecule has 3 heteroatoms. The van der Waals surface area contributed by atoms with E-state index in [-0.39, 0.29) is 5.97 Å². The smallest absolute Gasteiger partial charge is 0.305 e. The standard InChI is InChI=1S/C17H23NO2/c1-4-14-12-15-13(3)8-6-9-16(15)18(14)11-7-10-17(19)20-5-2/h6,8-9,12H,4-5,7,10-11H2,1-3H3. The summed E-state index contributed by atoms with van der Waals surface area (Å²) >= 11 is 0. The molecule has 1 aromatic carbocycles. The largest absolute Gasteiger partial charge is 0.466 e. The van der Waals surface area contributed by atoms with Crippen molar-refractivity contribution in [2.45, 2.75) is 46.6 Å². The minimum absolute atomic E-state index is 0.0989. The van der Waals surface area contributed by atoms with E-state index in [0.29, 0.717) is 13.0 Å². The van der Waals surface area contributed by atoms with Crippen LogP contribution in [0.2, 0.25) is 0 Å². The lowest BCUT2D eigenvalue weighted by Gasteiger charge is -2.09. The third-order valence-electron chi connectivity index (χ3n) is 3.68. The van der Waals surface area contributed by atoms with Crippen LogP contribution in [-0.4, -0.2) is 17.1 Å². The van der Waals surface area contributed by atoms with Gasteiger partial charge in [-0.1, -0.05) is 19.1 Å². The first-order valence-electron chi connectivity index (χ1n) is 7.40. The Bertz CT molecular complexity index is 598. The molecule has 2 aromatic rings. The highest BCUT2D eigenvalue weighted by molar-refractivity contribution is 5.84. The van der Waals surface area contributed by atoms with Crippen LogP contribution < -0.4 is 0 Å². The molecule has 0 fully saturated rings. The zero-order valence-electron chi connectivity index (χ0n) is 12.6. The van der Waals surface area contributed by atoms with Gasteiger partial charge in [0.25, 0.3) is 0 Å². The van der Waals surface area contributed by atoms with Crippen molar-refractivity contribution in [1.82, 2.24) is 4.57 Å². The Morgan fingerprint density at radius 2 is 2.10 bits per heavy atom. The van der Waals surface area contributed by atoms with E-state index >= 15 is 0 Å². The summed E-state index contributed by atoms with van der Waals surface area (Å²) < 4.78 is 7.31. The molecule has 0 radical (unpaired) electrons. The summed E-state index contributed by atoms with van der Waals surface area (Å²) in [6.45, 7) is 7.49. The van der Waals surface area contributed by atoms with Crippen molar-refractivity contribution in [3.63, 3.8) is 0 Å². The van der Waals surface area contributed by atoms with Gasteiger partial charge in [0, 0.05) is 29.6 Å². The van der Waals surface area contributed by atoms with Gasteiger partial charge in [-0.15, -0.1) is 0 Å². The first-order valence-corrected chi connectivity index (χ1v) is 7.40. The van der Waals surface area contributed by atoms with E-state index in [1.165, 1.54) is 22.2 Å². The van der Waals surface area contributed by atoms with Crippen LogP contribution in [0.1, 0.15) is 37.9 Å². The maximum Gasteiger partial charge on any atom is 0.305 e. The van der Waals surface area contributed by atoms with Gasteiger partial charge < -0.3 is 9.30 Å². The van der Waals surface area contributed by atoms with Gasteiger partial charge in [-0.2, -0.15) is 0 Å². The number of esters is 1. The molecular weight excluding hydrogens is 250 g/mol. The number of aromatic nitrogens is 1. The fraction of sp³-hybridized carbons (Fsp3) is 0.471. The Morgan fingerprint density at radius 3 is 2.80 bits per heavy atom. The molecule has 0 aliphatic heterocycles. The van der Waals surface area contributed by atoms with Crippen molar-refractivity contribution in [2.24, 2.45) is 0 Å². The van der Waals surface area contributed by atoms with Gasteiger partial charge in [0.15, 0.2) is 0 Å². The lowest BCUT2D eigenvalue weighted by molar-refractivity contribution is -0.143. The molecule has 108 valence electrons. The van der Waals surface area contributed by atoms with Gasteiger partial charge in [-0.25, -0.2) is 0 Å². The van der Waals surface area contributed by atoms with Gasteiger partial charge in [-0.3, -0.25) is 4.79 Å². The molecule has 1 aromatic heterocycles. The van der Waals surface area contributed by atoms with Crippen molar-refractivity contribution in [1.29, 1.82) is 0 Å². The van der Waals surface area contributed by atoms with Crippen LogP contribution in [0.4, 0.5) is 0 Å². The Labute approximate surface area is 120 Å². The van der Waals surface area contributed by atoms with E-state index in [1.807, 2.05) is 6.92 Å². The van der Waals surface area contributed by atoms with Crippen molar-refractivity contribution < 1.29 is 9.53 Å². The molecule has 20 heavy (non-hydrogen) atoms. The van der Waals surface area contributed by atoms with Crippen molar-refractivity contribution in [3.8, 4) is 0 Å². The van der Waals surface area contributed by atoms with Gasteiger partial charge in [0.1, 0.15) is 0 Å². The number of hydrogen-bond acceptors (Lipinski definition) is 2. The molecule has 0 atom stereocenters. The minimum Gasteiger partial charge on any atom is -0.466 e. The zero-order chi connectivity index (χ0) is 14.5. The van der Waals surface area contributed by atoms with Crippen LogP contribution in [0.15, 0.2) is 24.3 Å². The molecule has 0 amide bonds. The number of aryl methyl sites for hydroxylation is 3. The molecule has 0 bridgehead atoms. The van der Waals surface area contributed by atoms with Crippen LogP contribution in [0.3, 0.4) is 0 Å². The second-order valence-electron chi connectivity index (χ2n) is 5.06. The third kappa shape index (κ3) is 3.03. The normalized spacial score (nSPS) is 10.9. The summed E-state index contributed by atoms with van der Waals surface area (Å²) in [5.74, 6) is -0.0989. The number of fused-ring (bicyclic) bond motifs is 1. The third-order valence-corrected chi connectivity index (χ3v) is 3.68. The molecule has 0 aliphatic carbocycles. The highest BCUT2D eigenvalue weighted by atomic mass is 16.5. The number of ether oxygens (including phenoxy) is 1. The number of rotatable bonds is 6. The summed E-state index contributed by atoms with van der Waals surface area (Å²) in [7, 11) is 0. The quantitative estimate of drug-likeness (QED) is 0.748. The number of nitrogens with zero attached hydrogens (tertiary/aromatic N) is 1. The summed E-state index contributed by atoms with van der Waals surface area (Å²) in [4.78, 5) is 11.4. The molecule has 0 saturated carbocycles. The topological polar surface area (TPSA) is 31.2 Å². The van der Waals surface area contributed by atoms with E-state index in [2.05, 4.69) is 42.7 Å². The van der Waals surface area contributed by atoms with Crippen LogP contribution >= 0.6 is 0 Å². The van der Waals surface area contributed by atoms with Crippen molar-refractivity contribution >= 4 is 16.9 Å². The van der Waals surface area contributed by atoms with Gasteiger partial charge in [0.05, 0.1) is 6.61 Å². The number of carbonyl (C=O) groups excluding carboxylic acids is 1. The molecule has 2 rings (SSSR count). The second kappa shape index (κ2) is 6.60. The Balaban J connectivity index is 2.16. The van der Waals surface area contributed by atoms with E-state index in [4.69, 9.17) is 4.74 Å². The molecule has 0 unspecified atom stereocenters. The molecule has 0 saturated heterocycles. The first kappa shape index (κ1) is 14.6. The van der Waals surface area contributed by atoms with Crippen molar-refractivity contribution in [3.05, 3.63) is 35.5 Å². The maximum atomic E-state index is 11.4. The summed E-state index contributed by atoms with van der Waals surface area (Å²) in [6.07, 6.45) is 2.32. The fourth-order valence-corrected chi connectivity index (χ4v) is 2.66. The Morgan fingerprint density at radius 1 is 1.30 bits per heavy atom. The van der Waals surface area contributed by atoms with E-state index in [9.17, 15) is 4.79 Å². The minimum atomic E-state index is -0.0989. The summed E-state index contributed by atoms with van der Waals surface area (Å²) in [6, 6.07) is 8.67. The zero-order valence-corrected chi connectivity index (χ0v) is 12.6. The molecular formula is C17H23NO2.